The monoisotopic (exact) mass is 376 g/mol. The van der Waals surface area contributed by atoms with Gasteiger partial charge in [-0.1, -0.05) is 29.8 Å². The third kappa shape index (κ3) is 3.43. The van der Waals surface area contributed by atoms with Crippen LogP contribution in [-0.2, 0) is 11.3 Å². The molecule has 0 saturated heterocycles. The Morgan fingerprint density at radius 2 is 2.04 bits per heavy atom. The number of nitrogens with two attached hydrogens (primary N) is 2. The van der Waals surface area contributed by atoms with E-state index in [1.54, 1.807) is 0 Å². The Morgan fingerprint density at radius 3 is 2.64 bits per heavy atom. The number of aliphatic hydroxyl groups is 1. The van der Waals surface area contributed by atoms with E-state index in [0.29, 0.717) is 35.3 Å². The van der Waals surface area contributed by atoms with Crippen LogP contribution in [0.5, 0.6) is 0 Å². The van der Waals surface area contributed by atoms with Crippen LogP contribution in [0.3, 0.4) is 0 Å². The molecule has 2 heterocycles. The van der Waals surface area contributed by atoms with Gasteiger partial charge in [0.15, 0.2) is 0 Å². The first-order valence-corrected chi connectivity index (χ1v) is 8.70. The molecule has 0 aliphatic rings. The van der Waals surface area contributed by atoms with Gasteiger partial charge in [-0.3, -0.25) is 4.79 Å². The maximum absolute atomic E-state index is 11.7. The highest BCUT2D eigenvalue weighted by Crippen LogP contribution is 2.38. The molecule has 28 heavy (non-hydrogen) atoms. The van der Waals surface area contributed by atoms with Gasteiger partial charge in [0.25, 0.3) is 5.91 Å². The molecule has 5 N–H and O–H groups in total. The Hall–Kier alpha value is -3.70. The minimum absolute atomic E-state index is 0.0236. The maximum Gasteiger partial charge on any atom is 0.259 e. The van der Waals surface area contributed by atoms with Crippen LogP contribution in [0, 0.1) is 18.3 Å². The molecule has 8 heteroatoms. The number of rotatable bonds is 6. The molecule has 142 valence electrons. The molecule has 0 spiro atoms. The maximum atomic E-state index is 11.7. The number of anilines is 1. The molecule has 1 aromatic carbocycles. The van der Waals surface area contributed by atoms with Crippen molar-refractivity contribution < 1.29 is 9.90 Å². The zero-order valence-electron chi connectivity index (χ0n) is 15.4. The van der Waals surface area contributed by atoms with Gasteiger partial charge in [-0.15, -0.1) is 0 Å². The lowest BCUT2D eigenvalue weighted by Gasteiger charge is -2.09. The lowest BCUT2D eigenvalue weighted by molar-refractivity contribution is -0.114. The van der Waals surface area contributed by atoms with Crippen molar-refractivity contribution in [2.75, 3.05) is 12.3 Å². The molecule has 0 aliphatic carbocycles. The molecule has 0 radical (unpaired) electrons. The summed E-state index contributed by atoms with van der Waals surface area (Å²) in [6, 6.07) is 9.61. The normalized spacial score (nSPS) is 11.5. The van der Waals surface area contributed by atoms with Gasteiger partial charge in [-0.2, -0.15) is 5.26 Å². The number of aliphatic hydroxyl groups excluding tert-OH is 1. The van der Waals surface area contributed by atoms with Crippen LogP contribution in [-0.4, -0.2) is 32.2 Å². The highest BCUT2D eigenvalue weighted by atomic mass is 16.3. The van der Waals surface area contributed by atoms with E-state index in [1.807, 2.05) is 41.8 Å². The highest BCUT2D eigenvalue weighted by molar-refractivity contribution is 6.07. The number of nitriles is 1. The van der Waals surface area contributed by atoms with E-state index in [4.69, 9.17) is 11.5 Å². The average Bonchev–Trinajstić information content (AvgIpc) is 2.99. The predicted molar refractivity (Wildman–Crippen MR) is 107 cm³/mol. The molecule has 0 fully saturated rings. The van der Waals surface area contributed by atoms with Crippen molar-refractivity contribution >= 4 is 28.8 Å². The fourth-order valence-electron chi connectivity index (χ4n) is 3.12. The SMILES string of the molecule is Cc1ccc(-c2c(C=C(C#N)C(N)=O)n(CCCO)c3ncnc(N)c23)cc1. The molecule has 0 atom stereocenters. The van der Waals surface area contributed by atoms with Crippen molar-refractivity contribution in [3.05, 3.63) is 47.4 Å². The summed E-state index contributed by atoms with van der Waals surface area (Å²) < 4.78 is 1.82. The van der Waals surface area contributed by atoms with E-state index >= 15 is 0 Å². The molecule has 0 saturated carbocycles. The smallest absolute Gasteiger partial charge is 0.259 e. The van der Waals surface area contributed by atoms with Gasteiger partial charge in [-0.05, 0) is 25.0 Å². The molecular weight excluding hydrogens is 356 g/mol. The largest absolute Gasteiger partial charge is 0.396 e. The van der Waals surface area contributed by atoms with Gasteiger partial charge in [-0.25, -0.2) is 9.97 Å². The molecule has 0 bridgehead atoms. The summed E-state index contributed by atoms with van der Waals surface area (Å²) in [5, 5.41) is 19.3. The fraction of sp³-hybridized carbons (Fsp3) is 0.200. The Labute approximate surface area is 161 Å². The van der Waals surface area contributed by atoms with Crippen LogP contribution in [0.4, 0.5) is 5.82 Å². The zero-order chi connectivity index (χ0) is 20.3. The second-order valence-electron chi connectivity index (χ2n) is 6.35. The number of hydrogen-bond acceptors (Lipinski definition) is 6. The van der Waals surface area contributed by atoms with Gasteiger partial charge >= 0.3 is 0 Å². The van der Waals surface area contributed by atoms with E-state index < -0.39 is 5.91 Å². The molecule has 2 aromatic heterocycles. The second kappa shape index (κ2) is 7.90. The van der Waals surface area contributed by atoms with Gasteiger partial charge in [0, 0.05) is 18.7 Å². The molecule has 0 aliphatic heterocycles. The minimum atomic E-state index is -0.824. The van der Waals surface area contributed by atoms with Gasteiger partial charge in [0.2, 0.25) is 0 Å². The topological polar surface area (TPSA) is 144 Å². The third-order valence-electron chi connectivity index (χ3n) is 4.46. The first-order chi connectivity index (χ1) is 13.5. The lowest BCUT2D eigenvalue weighted by Crippen LogP contribution is -2.13. The van der Waals surface area contributed by atoms with Crippen molar-refractivity contribution in [2.45, 2.75) is 19.9 Å². The summed E-state index contributed by atoms with van der Waals surface area (Å²) in [5.74, 6) is -0.536. The van der Waals surface area contributed by atoms with Crippen LogP contribution >= 0.6 is 0 Å². The number of nitrogen functional groups attached to an aromatic ring is 1. The van der Waals surface area contributed by atoms with Gasteiger partial charge < -0.3 is 21.1 Å². The highest BCUT2D eigenvalue weighted by Gasteiger charge is 2.22. The summed E-state index contributed by atoms with van der Waals surface area (Å²) in [4.78, 5) is 20.1. The minimum Gasteiger partial charge on any atom is -0.396 e. The molecule has 3 rings (SSSR count). The quantitative estimate of drug-likeness (QED) is 0.442. The number of benzene rings is 1. The third-order valence-corrected chi connectivity index (χ3v) is 4.46. The van der Waals surface area contributed by atoms with Crippen LogP contribution in [0.1, 0.15) is 17.7 Å². The van der Waals surface area contributed by atoms with Crippen LogP contribution in [0.2, 0.25) is 0 Å². The number of nitrogens with zero attached hydrogens (tertiary/aromatic N) is 4. The van der Waals surface area contributed by atoms with Crippen LogP contribution in [0.15, 0.2) is 36.2 Å². The number of aromatic nitrogens is 3. The van der Waals surface area contributed by atoms with Crippen molar-refractivity contribution in [1.29, 1.82) is 5.26 Å². The summed E-state index contributed by atoms with van der Waals surface area (Å²) in [6.07, 6.45) is 3.26. The summed E-state index contributed by atoms with van der Waals surface area (Å²) in [6.45, 7) is 2.37. The Kier molecular flexibility index (Phi) is 5.38. The summed E-state index contributed by atoms with van der Waals surface area (Å²) >= 11 is 0. The molecular formula is C20H20N6O2. The number of primary amides is 1. The first-order valence-electron chi connectivity index (χ1n) is 8.70. The lowest BCUT2D eigenvalue weighted by atomic mass is 10.0. The molecule has 0 unspecified atom stereocenters. The van der Waals surface area contributed by atoms with E-state index in [1.165, 1.54) is 12.4 Å². The second-order valence-corrected chi connectivity index (χ2v) is 6.35. The molecule has 8 nitrogen and oxygen atoms in total. The van der Waals surface area contributed by atoms with Crippen molar-refractivity contribution in [1.82, 2.24) is 14.5 Å². The molecule has 3 aromatic rings. The molecule has 1 amide bonds. The van der Waals surface area contributed by atoms with Crippen LogP contribution < -0.4 is 11.5 Å². The number of hydrogen-bond donors (Lipinski definition) is 3. The Bertz CT molecular complexity index is 1110. The van der Waals surface area contributed by atoms with Gasteiger partial charge in [0.05, 0.1) is 11.1 Å². The number of carbonyl (C=O) groups is 1. The standard InChI is InChI=1S/C20H20N6O2/c1-12-3-5-13(6-4-12)16-15(9-14(10-21)19(23)28)26(7-2-8-27)20-17(16)18(22)24-11-25-20/h3-6,9,11,27H,2,7-8H2,1H3,(H2,23,28)(H2,22,24,25). The Balaban J connectivity index is 2.44. The van der Waals surface area contributed by atoms with Crippen molar-refractivity contribution in [3.8, 4) is 17.2 Å². The van der Waals surface area contributed by atoms with Gasteiger partial charge in [0.1, 0.15) is 29.4 Å². The Morgan fingerprint density at radius 1 is 1.32 bits per heavy atom. The number of amides is 1. The van der Waals surface area contributed by atoms with E-state index in [2.05, 4.69) is 9.97 Å². The van der Waals surface area contributed by atoms with E-state index in [0.717, 1.165) is 11.1 Å². The zero-order valence-corrected chi connectivity index (χ0v) is 15.4. The van der Waals surface area contributed by atoms with E-state index in [9.17, 15) is 15.2 Å². The van der Waals surface area contributed by atoms with Crippen molar-refractivity contribution in [2.24, 2.45) is 5.73 Å². The van der Waals surface area contributed by atoms with Crippen molar-refractivity contribution in [3.63, 3.8) is 0 Å². The number of aryl methyl sites for hydroxylation is 2. The van der Waals surface area contributed by atoms with Crippen LogP contribution in [0.25, 0.3) is 28.2 Å². The van der Waals surface area contributed by atoms with E-state index in [-0.39, 0.29) is 18.0 Å². The first kappa shape index (κ1) is 19.1. The average molecular weight is 376 g/mol. The summed E-state index contributed by atoms with van der Waals surface area (Å²) in [5.41, 5.74) is 15.1. The number of fused-ring (bicyclic) bond motifs is 1. The summed E-state index contributed by atoms with van der Waals surface area (Å²) in [7, 11) is 0. The predicted octanol–water partition coefficient (Wildman–Crippen LogP) is 1.76. The fourth-order valence-corrected chi connectivity index (χ4v) is 3.12. The number of carbonyl (C=O) groups excluding carboxylic acids is 1.